The van der Waals surface area contributed by atoms with E-state index in [9.17, 15) is 30.0 Å². The van der Waals surface area contributed by atoms with Crippen LogP contribution in [-0.2, 0) is 30.6 Å². The van der Waals surface area contributed by atoms with Gasteiger partial charge in [0.1, 0.15) is 5.04 Å². The Hall–Kier alpha value is -1.72. The van der Waals surface area contributed by atoms with Gasteiger partial charge < -0.3 is 4.74 Å². The van der Waals surface area contributed by atoms with Crippen LogP contribution in [0.15, 0.2) is 45.8 Å². The maximum absolute atomic E-state index is 13.2. The Morgan fingerprint density at radius 3 is 2.48 bits per heavy atom. The van der Waals surface area contributed by atoms with Gasteiger partial charge in [-0.25, -0.2) is 16.8 Å². The third-order valence-corrected chi connectivity index (χ3v) is 8.76. The predicted octanol–water partition coefficient (Wildman–Crippen LogP) is 2.80. The van der Waals surface area contributed by atoms with Crippen molar-refractivity contribution in [2.75, 3.05) is 19.4 Å². The zero-order valence-corrected chi connectivity index (χ0v) is 17.4. The highest BCUT2D eigenvalue weighted by Crippen LogP contribution is 2.40. The Bertz CT molecular complexity index is 1090. The van der Waals surface area contributed by atoms with Crippen LogP contribution in [0.3, 0.4) is 0 Å². The largest absolute Gasteiger partial charge is 0.416 e. The van der Waals surface area contributed by atoms with E-state index < -0.39 is 47.2 Å². The summed E-state index contributed by atoms with van der Waals surface area (Å²) in [5, 5.41) is -0.0934. The number of halogens is 3. The summed E-state index contributed by atoms with van der Waals surface area (Å²) in [5.74, 6) is 0. The summed E-state index contributed by atoms with van der Waals surface area (Å²) in [4.78, 5) is 3.55. The zero-order chi connectivity index (χ0) is 21.7. The number of ether oxygens (including phenoxy) is 1. The molecule has 0 spiro atoms. The van der Waals surface area contributed by atoms with Crippen molar-refractivity contribution in [1.82, 2.24) is 0 Å². The minimum atomic E-state index is -4.65. The third kappa shape index (κ3) is 4.26. The standard InChI is InChI=1S/C18H20F3NO5S2/c1-17(29(25,26)14-5-3-4-13(9-14)18(19,20)21)6-7-27-15(10-17)12-8-16(22-11-12)28(2,23)24/h3-5,8-9,15H,6-7,10-11H2,1-2H3. The van der Waals surface area contributed by atoms with E-state index in [-0.39, 0.29) is 31.0 Å². The number of aliphatic imine (C=N–C) groups is 1. The lowest BCUT2D eigenvalue weighted by Gasteiger charge is -2.38. The van der Waals surface area contributed by atoms with Gasteiger partial charge in [0.2, 0.25) is 0 Å². The molecule has 6 nitrogen and oxygen atoms in total. The Balaban J connectivity index is 1.91. The van der Waals surface area contributed by atoms with Gasteiger partial charge >= 0.3 is 6.18 Å². The van der Waals surface area contributed by atoms with E-state index in [0.29, 0.717) is 11.6 Å². The summed E-state index contributed by atoms with van der Waals surface area (Å²) in [5.41, 5.74) is -0.494. The Morgan fingerprint density at radius 1 is 1.21 bits per heavy atom. The quantitative estimate of drug-likeness (QED) is 0.705. The van der Waals surface area contributed by atoms with E-state index in [1.165, 1.54) is 13.0 Å². The second kappa shape index (κ2) is 7.21. The van der Waals surface area contributed by atoms with Crippen LogP contribution in [0.5, 0.6) is 0 Å². The first-order valence-electron chi connectivity index (χ1n) is 8.72. The van der Waals surface area contributed by atoms with Crippen LogP contribution >= 0.6 is 0 Å². The summed E-state index contributed by atoms with van der Waals surface area (Å²) in [7, 11) is -7.61. The molecule has 160 valence electrons. The minimum absolute atomic E-state index is 0.00995. The predicted molar refractivity (Wildman–Crippen MR) is 101 cm³/mol. The molecule has 0 aliphatic carbocycles. The van der Waals surface area contributed by atoms with Crippen molar-refractivity contribution < 1.29 is 34.7 Å². The molecule has 2 unspecified atom stereocenters. The average Bonchev–Trinajstić information content (AvgIpc) is 3.12. The second-order valence-electron chi connectivity index (χ2n) is 7.44. The molecule has 0 N–H and O–H groups in total. The summed E-state index contributed by atoms with van der Waals surface area (Å²) in [6.07, 6.45) is -2.84. The van der Waals surface area contributed by atoms with Gasteiger partial charge in [-0.1, -0.05) is 6.07 Å². The molecule has 0 radical (unpaired) electrons. The molecule has 1 aromatic rings. The van der Waals surface area contributed by atoms with Gasteiger partial charge in [0, 0.05) is 12.9 Å². The van der Waals surface area contributed by atoms with Crippen LogP contribution in [0, 0.1) is 0 Å². The molecular formula is C18H20F3NO5S2. The van der Waals surface area contributed by atoms with E-state index in [4.69, 9.17) is 4.74 Å². The van der Waals surface area contributed by atoms with Crippen molar-refractivity contribution in [3.8, 4) is 0 Å². The lowest BCUT2D eigenvalue weighted by Crippen LogP contribution is -2.45. The highest BCUT2D eigenvalue weighted by atomic mass is 32.2. The normalized spacial score (nSPS) is 26.2. The molecule has 1 saturated heterocycles. The van der Waals surface area contributed by atoms with Gasteiger partial charge in [-0.05, 0) is 49.6 Å². The number of hydrogen-bond donors (Lipinski definition) is 0. The van der Waals surface area contributed by atoms with Gasteiger partial charge in [0.15, 0.2) is 19.7 Å². The van der Waals surface area contributed by atoms with E-state index in [1.807, 2.05) is 0 Å². The lowest BCUT2D eigenvalue weighted by atomic mass is 9.92. The number of rotatable bonds is 3. The zero-order valence-electron chi connectivity index (χ0n) is 15.7. The number of hydrogen-bond acceptors (Lipinski definition) is 6. The van der Waals surface area contributed by atoms with Gasteiger partial charge in [-0.2, -0.15) is 13.2 Å². The summed E-state index contributed by atoms with van der Waals surface area (Å²) >= 11 is 0. The van der Waals surface area contributed by atoms with Gasteiger partial charge in [-0.3, -0.25) is 4.99 Å². The number of benzene rings is 1. The Morgan fingerprint density at radius 2 is 1.90 bits per heavy atom. The molecule has 0 bridgehead atoms. The van der Waals surface area contributed by atoms with Gasteiger partial charge in [0.25, 0.3) is 0 Å². The first-order valence-corrected chi connectivity index (χ1v) is 12.1. The highest BCUT2D eigenvalue weighted by Gasteiger charge is 2.46. The summed E-state index contributed by atoms with van der Waals surface area (Å²) in [6.45, 7) is 1.63. The van der Waals surface area contributed by atoms with Gasteiger partial charge in [-0.15, -0.1) is 0 Å². The van der Waals surface area contributed by atoms with Crippen LogP contribution in [0.25, 0.3) is 0 Å². The fraction of sp³-hybridized carbons (Fsp3) is 0.500. The molecule has 29 heavy (non-hydrogen) atoms. The second-order valence-corrected chi connectivity index (χ2v) is 11.9. The fourth-order valence-electron chi connectivity index (χ4n) is 3.41. The fourth-order valence-corrected chi connectivity index (χ4v) is 5.91. The summed E-state index contributed by atoms with van der Waals surface area (Å²) in [6, 6.07) is 3.69. The van der Waals surface area contributed by atoms with E-state index in [0.717, 1.165) is 24.5 Å². The maximum Gasteiger partial charge on any atom is 0.416 e. The average molecular weight is 451 g/mol. The number of sulfone groups is 2. The molecule has 2 heterocycles. The van der Waals surface area contributed by atoms with E-state index >= 15 is 0 Å². The molecule has 2 atom stereocenters. The Kier molecular flexibility index (Phi) is 5.46. The topological polar surface area (TPSA) is 89.9 Å². The molecule has 1 aromatic carbocycles. The highest BCUT2D eigenvalue weighted by molar-refractivity contribution is 8.06. The molecule has 0 saturated carbocycles. The van der Waals surface area contributed by atoms with Crippen molar-refractivity contribution in [2.45, 2.75) is 41.7 Å². The minimum Gasteiger partial charge on any atom is -0.374 e. The molecule has 2 aliphatic rings. The van der Waals surface area contributed by atoms with Crippen molar-refractivity contribution in [2.24, 2.45) is 4.99 Å². The lowest BCUT2D eigenvalue weighted by molar-refractivity contribution is -0.137. The maximum atomic E-state index is 13.2. The Labute approximate surface area is 167 Å². The van der Waals surface area contributed by atoms with Crippen LogP contribution in [0.2, 0.25) is 0 Å². The first-order chi connectivity index (χ1) is 13.2. The molecule has 2 aliphatic heterocycles. The summed E-state index contributed by atoms with van der Waals surface area (Å²) < 4.78 is 93.0. The molecule has 0 aromatic heterocycles. The van der Waals surface area contributed by atoms with Crippen molar-refractivity contribution in [3.63, 3.8) is 0 Å². The number of nitrogens with zero attached hydrogens (tertiary/aromatic N) is 1. The molecular weight excluding hydrogens is 431 g/mol. The number of alkyl halides is 3. The van der Waals surface area contributed by atoms with Crippen LogP contribution in [0.4, 0.5) is 13.2 Å². The van der Waals surface area contributed by atoms with Crippen molar-refractivity contribution in [3.05, 3.63) is 41.5 Å². The first kappa shape index (κ1) is 22.0. The van der Waals surface area contributed by atoms with E-state index in [1.54, 1.807) is 0 Å². The van der Waals surface area contributed by atoms with Crippen LogP contribution < -0.4 is 0 Å². The SMILES string of the molecule is CC1(S(=O)(=O)c2cccc(C(F)(F)F)c2)CCOC(C2=CC(S(C)(=O)=O)=NC2)C1. The smallest absolute Gasteiger partial charge is 0.374 e. The monoisotopic (exact) mass is 451 g/mol. The van der Waals surface area contributed by atoms with Crippen LogP contribution in [-0.4, -0.2) is 52.1 Å². The van der Waals surface area contributed by atoms with E-state index in [2.05, 4.69) is 4.99 Å². The van der Waals surface area contributed by atoms with Gasteiger partial charge in [0.05, 0.1) is 27.9 Å². The molecule has 0 amide bonds. The molecule has 3 rings (SSSR count). The molecule has 11 heteroatoms. The van der Waals surface area contributed by atoms with Crippen molar-refractivity contribution >= 4 is 24.7 Å². The third-order valence-electron chi connectivity index (χ3n) is 5.21. The van der Waals surface area contributed by atoms with Crippen molar-refractivity contribution in [1.29, 1.82) is 0 Å². The van der Waals surface area contributed by atoms with Crippen LogP contribution in [0.1, 0.15) is 25.3 Å². The molecule has 1 fully saturated rings.